The molecule has 1 saturated carbocycles. The molecule has 0 spiro atoms. The van der Waals surface area contributed by atoms with Crippen molar-refractivity contribution in [2.75, 3.05) is 31.5 Å². The van der Waals surface area contributed by atoms with Gasteiger partial charge in [0.15, 0.2) is 0 Å². The number of anilines is 1. The van der Waals surface area contributed by atoms with Crippen LogP contribution in [-0.4, -0.2) is 73.1 Å². The molecule has 1 aliphatic carbocycles. The zero-order valence-corrected chi connectivity index (χ0v) is 21.7. The number of sulfonamides is 1. The highest BCUT2D eigenvalue weighted by molar-refractivity contribution is 7.89. The van der Waals surface area contributed by atoms with E-state index < -0.39 is 20.5 Å². The van der Waals surface area contributed by atoms with Gasteiger partial charge in [0, 0.05) is 44.3 Å². The fourth-order valence-corrected chi connectivity index (χ4v) is 5.40. The van der Waals surface area contributed by atoms with Gasteiger partial charge in [0.2, 0.25) is 10.0 Å². The van der Waals surface area contributed by atoms with Crippen molar-refractivity contribution in [2.24, 2.45) is 11.1 Å². The van der Waals surface area contributed by atoms with Crippen LogP contribution in [0.4, 0.5) is 16.2 Å². The second kappa shape index (κ2) is 10.7. The number of hydrogen-bond acceptors (Lipinski definition) is 8. The number of carbonyl (C=O) groups excluding carboxylic acids is 1. The van der Waals surface area contributed by atoms with Gasteiger partial charge in [0.1, 0.15) is 11.3 Å². The van der Waals surface area contributed by atoms with Crippen molar-refractivity contribution in [1.29, 1.82) is 0 Å². The first-order valence-corrected chi connectivity index (χ1v) is 13.6. The Morgan fingerprint density at radius 3 is 2.43 bits per heavy atom. The Hall–Kier alpha value is -2.44. The second-order valence-corrected chi connectivity index (χ2v) is 12.1. The fraction of sp³-hybridized carbons (Fsp3) is 0.696. The molecular formula is C23H37N5O6S. The van der Waals surface area contributed by atoms with Crippen LogP contribution < -0.4 is 10.5 Å². The Labute approximate surface area is 207 Å². The minimum Gasteiger partial charge on any atom is -0.444 e. The van der Waals surface area contributed by atoms with Gasteiger partial charge < -0.3 is 15.0 Å². The van der Waals surface area contributed by atoms with E-state index in [2.05, 4.69) is 17.1 Å². The summed E-state index contributed by atoms with van der Waals surface area (Å²) in [4.78, 5) is 27.3. The van der Waals surface area contributed by atoms with Gasteiger partial charge in [-0.3, -0.25) is 15.0 Å². The van der Waals surface area contributed by atoms with E-state index in [1.165, 1.54) is 12.1 Å². The van der Waals surface area contributed by atoms with Crippen LogP contribution >= 0.6 is 0 Å². The lowest BCUT2D eigenvalue weighted by molar-refractivity contribution is -0.384. The predicted octanol–water partition coefficient (Wildman–Crippen LogP) is 3.15. The molecule has 196 valence electrons. The Morgan fingerprint density at radius 2 is 1.89 bits per heavy atom. The number of nitrogens with zero attached hydrogens (tertiary/aromatic N) is 3. The van der Waals surface area contributed by atoms with Crippen molar-refractivity contribution in [2.45, 2.75) is 76.0 Å². The molecule has 35 heavy (non-hydrogen) atoms. The number of benzene rings is 1. The molecule has 1 aliphatic heterocycles. The van der Waals surface area contributed by atoms with Gasteiger partial charge >= 0.3 is 6.09 Å². The number of hydrogen-bond donors (Lipinski definition) is 2. The molecule has 2 fully saturated rings. The Morgan fingerprint density at radius 1 is 1.23 bits per heavy atom. The molecule has 1 atom stereocenters. The smallest absolute Gasteiger partial charge is 0.410 e. The summed E-state index contributed by atoms with van der Waals surface area (Å²) in [6.45, 7) is 10.5. The number of piperazine rings is 1. The summed E-state index contributed by atoms with van der Waals surface area (Å²) in [5, 5.41) is 19.7. The molecule has 1 amide bonds. The third kappa shape index (κ3) is 7.28. The highest BCUT2D eigenvalue weighted by atomic mass is 32.2. The quantitative estimate of drug-likeness (QED) is 0.437. The van der Waals surface area contributed by atoms with Crippen molar-refractivity contribution in [3.8, 4) is 0 Å². The normalized spacial score (nSPS) is 24.1. The lowest BCUT2D eigenvalue weighted by Crippen LogP contribution is -2.57. The van der Waals surface area contributed by atoms with Crippen LogP contribution in [0.1, 0.15) is 53.4 Å². The minimum atomic E-state index is -4.01. The Bertz CT molecular complexity index is 1030. The zero-order chi connectivity index (χ0) is 26.0. The number of primary sulfonamides is 1. The molecule has 0 aromatic heterocycles. The van der Waals surface area contributed by atoms with Crippen molar-refractivity contribution in [1.82, 2.24) is 9.80 Å². The van der Waals surface area contributed by atoms with Crippen molar-refractivity contribution < 1.29 is 22.9 Å². The SMILES string of the molecule is CC1CN(C2CCC(CNc3ccc(S(N)(=O)=O)cc3[N+](=O)[O-])CC2)CCN1C(=O)OC(C)(C)C. The largest absolute Gasteiger partial charge is 0.444 e. The van der Waals surface area contributed by atoms with Gasteiger partial charge in [-0.25, -0.2) is 18.4 Å². The molecule has 2 aliphatic rings. The number of nitrogens with two attached hydrogens (primary N) is 1. The van der Waals surface area contributed by atoms with E-state index in [0.29, 0.717) is 25.0 Å². The number of nitro benzene ring substituents is 1. The van der Waals surface area contributed by atoms with Crippen LogP contribution in [0.2, 0.25) is 0 Å². The van der Waals surface area contributed by atoms with E-state index in [4.69, 9.17) is 9.88 Å². The lowest BCUT2D eigenvalue weighted by atomic mass is 9.84. The lowest BCUT2D eigenvalue weighted by Gasteiger charge is -2.45. The summed E-state index contributed by atoms with van der Waals surface area (Å²) in [6, 6.07) is 4.21. The zero-order valence-electron chi connectivity index (χ0n) is 20.9. The molecule has 1 heterocycles. The molecule has 0 radical (unpaired) electrons. The first-order valence-electron chi connectivity index (χ1n) is 12.0. The number of ether oxygens (including phenoxy) is 1. The second-order valence-electron chi connectivity index (χ2n) is 10.6. The standard InChI is InChI=1S/C23H37N5O6S/c1-16-15-26(11-12-27(16)22(29)34-23(2,3)4)18-7-5-17(6-8-18)14-25-20-10-9-19(35(24,32)33)13-21(20)28(30)31/h9-10,13,16-18,25H,5-8,11-12,14-15H2,1-4H3,(H2,24,32,33). The van der Waals surface area contributed by atoms with Crippen LogP contribution in [0, 0.1) is 16.0 Å². The summed E-state index contributed by atoms with van der Waals surface area (Å²) >= 11 is 0. The number of nitrogens with one attached hydrogen (secondary N) is 1. The van der Waals surface area contributed by atoms with Crippen LogP contribution in [0.25, 0.3) is 0 Å². The molecular weight excluding hydrogens is 474 g/mol. The molecule has 0 bridgehead atoms. The summed E-state index contributed by atoms with van der Waals surface area (Å²) in [5.41, 5.74) is -0.524. The average Bonchev–Trinajstić information content (AvgIpc) is 2.76. The summed E-state index contributed by atoms with van der Waals surface area (Å²) in [7, 11) is -4.01. The van der Waals surface area contributed by atoms with E-state index >= 15 is 0 Å². The maximum atomic E-state index is 12.5. The number of rotatable bonds is 6. The van der Waals surface area contributed by atoms with Crippen LogP contribution in [0.3, 0.4) is 0 Å². The van der Waals surface area contributed by atoms with Crippen LogP contribution in [0.5, 0.6) is 0 Å². The highest BCUT2D eigenvalue weighted by Crippen LogP contribution is 2.32. The maximum Gasteiger partial charge on any atom is 0.410 e. The Balaban J connectivity index is 1.50. The molecule has 11 nitrogen and oxygen atoms in total. The fourth-order valence-electron chi connectivity index (χ4n) is 4.87. The molecule has 1 aromatic rings. The summed E-state index contributed by atoms with van der Waals surface area (Å²) in [5.74, 6) is 0.365. The Kier molecular flexibility index (Phi) is 8.28. The van der Waals surface area contributed by atoms with Gasteiger partial charge in [-0.05, 0) is 71.4 Å². The number of nitro groups is 1. The van der Waals surface area contributed by atoms with Crippen molar-refractivity contribution in [3.63, 3.8) is 0 Å². The highest BCUT2D eigenvalue weighted by Gasteiger charge is 2.34. The molecule has 12 heteroatoms. The predicted molar refractivity (Wildman–Crippen MR) is 133 cm³/mol. The molecule has 3 N–H and O–H groups in total. The van der Waals surface area contributed by atoms with E-state index in [-0.39, 0.29) is 28.4 Å². The van der Waals surface area contributed by atoms with E-state index in [9.17, 15) is 23.3 Å². The first kappa shape index (κ1) is 27.2. The van der Waals surface area contributed by atoms with Gasteiger partial charge in [-0.15, -0.1) is 0 Å². The van der Waals surface area contributed by atoms with E-state index in [1.807, 2.05) is 25.7 Å². The summed E-state index contributed by atoms with van der Waals surface area (Å²) in [6.07, 6.45) is 3.77. The van der Waals surface area contributed by atoms with Gasteiger partial charge in [0.25, 0.3) is 5.69 Å². The molecule has 1 aromatic carbocycles. The topological polar surface area (TPSA) is 148 Å². The monoisotopic (exact) mass is 511 g/mol. The third-order valence-corrected chi connectivity index (χ3v) is 7.61. The molecule has 1 unspecified atom stereocenters. The minimum absolute atomic E-state index is 0.0823. The maximum absolute atomic E-state index is 12.5. The van der Waals surface area contributed by atoms with Gasteiger partial charge in [-0.1, -0.05) is 0 Å². The van der Waals surface area contributed by atoms with E-state index in [1.54, 1.807) is 0 Å². The molecule has 3 rings (SSSR count). The summed E-state index contributed by atoms with van der Waals surface area (Å²) < 4.78 is 28.6. The first-order chi connectivity index (χ1) is 16.2. The third-order valence-electron chi connectivity index (χ3n) is 6.70. The van der Waals surface area contributed by atoms with Gasteiger partial charge in [-0.2, -0.15) is 0 Å². The molecule has 1 saturated heterocycles. The number of carbonyl (C=O) groups is 1. The number of amides is 1. The van der Waals surface area contributed by atoms with E-state index in [0.717, 1.165) is 44.8 Å². The van der Waals surface area contributed by atoms with Crippen LogP contribution in [0.15, 0.2) is 23.1 Å². The van der Waals surface area contributed by atoms with Crippen LogP contribution in [-0.2, 0) is 14.8 Å². The van der Waals surface area contributed by atoms with Crippen molar-refractivity contribution in [3.05, 3.63) is 28.3 Å². The van der Waals surface area contributed by atoms with Gasteiger partial charge in [0.05, 0.1) is 9.82 Å². The average molecular weight is 512 g/mol. The van der Waals surface area contributed by atoms with Crippen molar-refractivity contribution >= 4 is 27.5 Å².